The summed E-state index contributed by atoms with van der Waals surface area (Å²) < 4.78 is 5.82. The van der Waals surface area contributed by atoms with Crippen molar-refractivity contribution < 1.29 is 4.74 Å². The molecule has 1 aliphatic carbocycles. The van der Waals surface area contributed by atoms with E-state index in [0.29, 0.717) is 11.8 Å². The minimum atomic E-state index is 0.491. The predicted molar refractivity (Wildman–Crippen MR) is 72.6 cm³/mol. The van der Waals surface area contributed by atoms with Crippen LogP contribution < -0.4 is 10.1 Å². The van der Waals surface area contributed by atoms with Gasteiger partial charge in [0.25, 0.3) is 0 Å². The molecule has 0 amide bonds. The van der Waals surface area contributed by atoms with E-state index in [4.69, 9.17) is 4.74 Å². The first-order valence-electron chi connectivity index (χ1n) is 6.42. The first kappa shape index (κ1) is 11.9. The lowest BCUT2D eigenvalue weighted by Gasteiger charge is -2.09. The van der Waals surface area contributed by atoms with Crippen molar-refractivity contribution in [3.8, 4) is 11.6 Å². The fourth-order valence-electron chi connectivity index (χ4n) is 1.84. The number of rotatable bonds is 4. The number of ether oxygens (including phenoxy) is 1. The Balaban J connectivity index is 1.91. The number of hydrogen-bond acceptors (Lipinski definition) is 5. The number of nitrogens with zero attached hydrogens (tertiary/aromatic N) is 3. The molecule has 0 bridgehead atoms. The molecular formula is C14H16N4O. The molecule has 0 saturated heterocycles. The Morgan fingerprint density at radius 1 is 1.32 bits per heavy atom. The van der Waals surface area contributed by atoms with Crippen LogP contribution in [0.3, 0.4) is 0 Å². The molecule has 0 aromatic carbocycles. The zero-order chi connectivity index (χ0) is 13.2. The van der Waals surface area contributed by atoms with E-state index in [1.165, 1.54) is 12.8 Å². The summed E-state index contributed by atoms with van der Waals surface area (Å²) in [6.07, 6.45) is 4.08. The molecule has 2 aromatic heterocycles. The minimum Gasteiger partial charge on any atom is -0.437 e. The maximum absolute atomic E-state index is 5.82. The maximum atomic E-state index is 5.82. The number of aryl methyl sites for hydroxylation is 1. The van der Waals surface area contributed by atoms with Gasteiger partial charge in [-0.05, 0) is 31.9 Å². The van der Waals surface area contributed by atoms with Gasteiger partial charge in [0.2, 0.25) is 5.88 Å². The third-order valence-corrected chi connectivity index (χ3v) is 3.09. The molecule has 2 heterocycles. The summed E-state index contributed by atoms with van der Waals surface area (Å²) in [6, 6.07) is 5.54. The molecule has 1 aliphatic rings. The number of aromatic nitrogens is 3. The number of pyridine rings is 1. The van der Waals surface area contributed by atoms with Crippen LogP contribution in [0.4, 0.5) is 5.82 Å². The molecule has 2 aromatic rings. The molecule has 5 heteroatoms. The lowest BCUT2D eigenvalue weighted by atomic mass is 10.3. The highest BCUT2D eigenvalue weighted by atomic mass is 16.5. The molecule has 19 heavy (non-hydrogen) atoms. The first-order chi connectivity index (χ1) is 9.26. The smallest absolute Gasteiger partial charge is 0.224 e. The van der Waals surface area contributed by atoms with Gasteiger partial charge >= 0.3 is 0 Å². The van der Waals surface area contributed by atoms with E-state index in [2.05, 4.69) is 20.3 Å². The highest BCUT2D eigenvalue weighted by Crippen LogP contribution is 2.39. The van der Waals surface area contributed by atoms with Gasteiger partial charge in [0.05, 0.1) is 5.69 Å². The van der Waals surface area contributed by atoms with Gasteiger partial charge in [-0.1, -0.05) is 0 Å². The van der Waals surface area contributed by atoms with Crippen molar-refractivity contribution in [3.05, 3.63) is 35.9 Å². The molecular weight excluding hydrogens is 240 g/mol. The van der Waals surface area contributed by atoms with Crippen LogP contribution in [0.2, 0.25) is 0 Å². The fourth-order valence-corrected chi connectivity index (χ4v) is 1.84. The lowest BCUT2D eigenvalue weighted by Crippen LogP contribution is -2.01. The molecule has 0 aliphatic heterocycles. The van der Waals surface area contributed by atoms with Crippen molar-refractivity contribution in [2.75, 3.05) is 12.4 Å². The molecule has 0 spiro atoms. The molecule has 3 rings (SSSR count). The molecule has 1 N–H and O–H groups in total. The third kappa shape index (κ3) is 2.65. The average Bonchev–Trinajstić information content (AvgIpc) is 3.25. The second kappa shape index (κ2) is 4.84. The van der Waals surface area contributed by atoms with Crippen molar-refractivity contribution in [2.45, 2.75) is 25.7 Å². The second-order valence-corrected chi connectivity index (χ2v) is 4.66. The van der Waals surface area contributed by atoms with E-state index in [-0.39, 0.29) is 0 Å². The zero-order valence-corrected chi connectivity index (χ0v) is 11.1. The summed E-state index contributed by atoms with van der Waals surface area (Å²) >= 11 is 0. The Morgan fingerprint density at radius 3 is 2.84 bits per heavy atom. The van der Waals surface area contributed by atoms with Gasteiger partial charge in [0, 0.05) is 25.2 Å². The zero-order valence-electron chi connectivity index (χ0n) is 11.1. The van der Waals surface area contributed by atoms with Crippen LogP contribution in [-0.4, -0.2) is 22.0 Å². The van der Waals surface area contributed by atoms with Crippen LogP contribution in [0.1, 0.15) is 30.3 Å². The molecule has 0 unspecified atom stereocenters. The minimum absolute atomic E-state index is 0.491. The van der Waals surface area contributed by atoms with Crippen LogP contribution in [0.5, 0.6) is 11.6 Å². The summed E-state index contributed by atoms with van der Waals surface area (Å²) in [5.41, 5.74) is 0.847. The van der Waals surface area contributed by atoms with Gasteiger partial charge in [-0.25, -0.2) is 4.98 Å². The fraction of sp³-hybridized carbons (Fsp3) is 0.357. The van der Waals surface area contributed by atoms with Gasteiger partial charge in [-0.15, -0.1) is 0 Å². The van der Waals surface area contributed by atoms with Crippen LogP contribution >= 0.6 is 0 Å². The highest BCUT2D eigenvalue weighted by Gasteiger charge is 2.27. The average molecular weight is 256 g/mol. The normalized spacial score (nSPS) is 14.2. The lowest BCUT2D eigenvalue weighted by molar-refractivity contribution is 0.453. The van der Waals surface area contributed by atoms with Gasteiger partial charge in [-0.3, -0.25) is 4.98 Å². The van der Waals surface area contributed by atoms with Gasteiger partial charge in [0.1, 0.15) is 11.6 Å². The Hall–Kier alpha value is -2.17. The van der Waals surface area contributed by atoms with Crippen LogP contribution in [0, 0.1) is 6.92 Å². The molecule has 0 atom stereocenters. The summed E-state index contributed by atoms with van der Waals surface area (Å²) in [6.45, 7) is 1.91. The largest absolute Gasteiger partial charge is 0.437 e. The van der Waals surface area contributed by atoms with Crippen LogP contribution in [0.25, 0.3) is 0 Å². The predicted octanol–water partition coefficient (Wildman–Crippen LogP) is 2.89. The Kier molecular flexibility index (Phi) is 3.03. The number of anilines is 1. The second-order valence-electron chi connectivity index (χ2n) is 4.66. The molecule has 0 radical (unpaired) electrons. The number of nitrogens with one attached hydrogen (secondary N) is 1. The summed E-state index contributed by atoms with van der Waals surface area (Å²) in [5, 5.41) is 3.04. The van der Waals surface area contributed by atoms with E-state index in [1.54, 1.807) is 12.3 Å². The third-order valence-electron chi connectivity index (χ3n) is 3.09. The van der Waals surface area contributed by atoms with Gasteiger partial charge in [0.15, 0.2) is 5.75 Å². The maximum Gasteiger partial charge on any atom is 0.224 e. The standard InChI is InChI=1S/C14H16N4O/c1-9-11(4-3-7-16-9)19-13-8-12(15-2)17-14(18-13)10-5-6-10/h3-4,7-8,10H,5-6H2,1-2H3,(H,15,17,18). The Morgan fingerprint density at radius 2 is 2.16 bits per heavy atom. The van der Waals surface area contributed by atoms with Crippen molar-refractivity contribution in [2.24, 2.45) is 0 Å². The monoisotopic (exact) mass is 256 g/mol. The van der Waals surface area contributed by atoms with Crippen molar-refractivity contribution in [1.82, 2.24) is 15.0 Å². The molecule has 1 fully saturated rings. The Bertz CT molecular complexity index is 596. The van der Waals surface area contributed by atoms with Gasteiger partial charge < -0.3 is 10.1 Å². The SMILES string of the molecule is CNc1cc(Oc2cccnc2C)nc(C2CC2)n1. The molecule has 5 nitrogen and oxygen atoms in total. The van der Waals surface area contributed by atoms with Gasteiger partial charge in [-0.2, -0.15) is 4.98 Å². The summed E-state index contributed by atoms with van der Waals surface area (Å²) in [7, 11) is 1.85. The topological polar surface area (TPSA) is 59.9 Å². The van der Waals surface area contributed by atoms with Crippen molar-refractivity contribution in [1.29, 1.82) is 0 Å². The quantitative estimate of drug-likeness (QED) is 0.911. The summed E-state index contributed by atoms with van der Waals surface area (Å²) in [4.78, 5) is 13.1. The summed E-state index contributed by atoms with van der Waals surface area (Å²) in [5.74, 6) is 3.44. The number of hydrogen-bond donors (Lipinski definition) is 1. The van der Waals surface area contributed by atoms with Crippen molar-refractivity contribution >= 4 is 5.82 Å². The van der Waals surface area contributed by atoms with E-state index < -0.39 is 0 Å². The highest BCUT2D eigenvalue weighted by molar-refractivity contribution is 5.40. The van der Waals surface area contributed by atoms with Crippen LogP contribution in [0.15, 0.2) is 24.4 Å². The molecule has 98 valence electrons. The first-order valence-corrected chi connectivity index (χ1v) is 6.42. The Labute approximate surface area is 112 Å². The van der Waals surface area contributed by atoms with E-state index >= 15 is 0 Å². The van der Waals surface area contributed by atoms with E-state index in [1.807, 2.05) is 26.1 Å². The van der Waals surface area contributed by atoms with Crippen LogP contribution in [-0.2, 0) is 0 Å². The molecule has 1 saturated carbocycles. The van der Waals surface area contributed by atoms with E-state index in [0.717, 1.165) is 23.1 Å². The van der Waals surface area contributed by atoms with E-state index in [9.17, 15) is 0 Å². The van der Waals surface area contributed by atoms with Crippen molar-refractivity contribution in [3.63, 3.8) is 0 Å².